The van der Waals surface area contributed by atoms with Crippen LogP contribution >= 0.6 is 0 Å². The summed E-state index contributed by atoms with van der Waals surface area (Å²) in [7, 11) is 0. The Morgan fingerprint density at radius 3 is 2.44 bits per heavy atom. The standard InChI is InChI=1S/C27H33FN2O2/c1-18(2)29-26(32)27(11-13-30(14-12-27)25(31)24-15-19(24)3)17-21-7-4-5-10-23(21)20-8-6-9-22(28)16-20/h4-10,16,18-19,24H,11-15,17H2,1-3H3,(H,29,32). The largest absolute Gasteiger partial charge is 0.353 e. The molecule has 5 heteroatoms. The third kappa shape index (κ3) is 4.72. The van der Waals surface area contributed by atoms with Gasteiger partial charge in [0, 0.05) is 25.0 Å². The molecule has 1 saturated heterocycles. The third-order valence-corrected chi connectivity index (χ3v) is 7.04. The fourth-order valence-corrected chi connectivity index (χ4v) is 4.93. The Labute approximate surface area is 190 Å². The number of carbonyl (C=O) groups is 2. The molecule has 0 aromatic heterocycles. The predicted molar refractivity (Wildman–Crippen MR) is 124 cm³/mol. The maximum Gasteiger partial charge on any atom is 0.226 e. The molecule has 0 spiro atoms. The van der Waals surface area contributed by atoms with E-state index in [9.17, 15) is 14.0 Å². The fourth-order valence-electron chi connectivity index (χ4n) is 4.93. The van der Waals surface area contributed by atoms with Crippen LogP contribution in [-0.2, 0) is 16.0 Å². The Bertz CT molecular complexity index is 995. The van der Waals surface area contributed by atoms with E-state index >= 15 is 0 Å². The zero-order valence-electron chi connectivity index (χ0n) is 19.2. The van der Waals surface area contributed by atoms with Crippen LogP contribution in [0.5, 0.6) is 0 Å². The minimum absolute atomic E-state index is 0.0461. The van der Waals surface area contributed by atoms with E-state index in [1.807, 2.05) is 49.1 Å². The maximum absolute atomic E-state index is 13.9. The number of hydrogen-bond donors (Lipinski definition) is 1. The van der Waals surface area contributed by atoms with E-state index in [0.29, 0.717) is 38.3 Å². The fraction of sp³-hybridized carbons (Fsp3) is 0.481. The molecule has 170 valence electrons. The number of carbonyl (C=O) groups excluding carboxylic acids is 2. The van der Waals surface area contributed by atoms with Crippen molar-refractivity contribution in [3.05, 3.63) is 59.9 Å². The van der Waals surface area contributed by atoms with Gasteiger partial charge in [0.05, 0.1) is 5.41 Å². The van der Waals surface area contributed by atoms with Gasteiger partial charge in [-0.2, -0.15) is 0 Å². The summed E-state index contributed by atoms with van der Waals surface area (Å²) in [6.07, 6.45) is 2.82. The molecular formula is C27H33FN2O2. The van der Waals surface area contributed by atoms with Crippen molar-refractivity contribution in [1.29, 1.82) is 0 Å². The van der Waals surface area contributed by atoms with Crippen LogP contribution in [0.4, 0.5) is 4.39 Å². The molecule has 2 aliphatic rings. The van der Waals surface area contributed by atoms with E-state index in [2.05, 4.69) is 12.2 Å². The van der Waals surface area contributed by atoms with Crippen LogP contribution in [0.1, 0.15) is 45.6 Å². The Morgan fingerprint density at radius 2 is 1.81 bits per heavy atom. The summed E-state index contributed by atoms with van der Waals surface area (Å²) in [5.74, 6) is 0.673. The molecule has 4 rings (SSSR count). The number of nitrogens with zero attached hydrogens (tertiary/aromatic N) is 1. The molecule has 2 unspecified atom stereocenters. The topological polar surface area (TPSA) is 49.4 Å². The van der Waals surface area contributed by atoms with Gasteiger partial charge in [-0.05, 0) is 74.3 Å². The van der Waals surface area contributed by atoms with Gasteiger partial charge in [0.25, 0.3) is 0 Å². The molecule has 1 heterocycles. The first-order valence-electron chi connectivity index (χ1n) is 11.7. The van der Waals surface area contributed by atoms with Gasteiger partial charge in [0.15, 0.2) is 0 Å². The molecule has 4 nitrogen and oxygen atoms in total. The van der Waals surface area contributed by atoms with Crippen LogP contribution in [-0.4, -0.2) is 35.8 Å². The molecule has 0 radical (unpaired) electrons. The normalized spacial score (nSPS) is 22.0. The van der Waals surface area contributed by atoms with Crippen molar-refractivity contribution in [3.8, 4) is 11.1 Å². The van der Waals surface area contributed by atoms with Crippen LogP contribution in [0.25, 0.3) is 11.1 Å². The quantitative estimate of drug-likeness (QED) is 0.706. The summed E-state index contributed by atoms with van der Waals surface area (Å²) in [4.78, 5) is 28.1. The first kappa shape index (κ1) is 22.5. The number of amides is 2. The van der Waals surface area contributed by atoms with Crippen molar-refractivity contribution < 1.29 is 14.0 Å². The van der Waals surface area contributed by atoms with Crippen LogP contribution in [0.3, 0.4) is 0 Å². The van der Waals surface area contributed by atoms with Crippen molar-refractivity contribution in [2.75, 3.05) is 13.1 Å². The molecular weight excluding hydrogens is 403 g/mol. The molecule has 2 aromatic carbocycles. The van der Waals surface area contributed by atoms with Crippen molar-refractivity contribution in [2.45, 2.75) is 52.5 Å². The van der Waals surface area contributed by atoms with Crippen LogP contribution in [0.15, 0.2) is 48.5 Å². The van der Waals surface area contributed by atoms with Gasteiger partial charge in [0.2, 0.25) is 11.8 Å². The summed E-state index contributed by atoms with van der Waals surface area (Å²) in [5.41, 5.74) is 2.22. The van der Waals surface area contributed by atoms with Gasteiger partial charge in [-0.15, -0.1) is 0 Å². The lowest BCUT2D eigenvalue weighted by atomic mass is 9.71. The van der Waals surface area contributed by atoms with E-state index in [0.717, 1.165) is 23.1 Å². The number of hydrogen-bond acceptors (Lipinski definition) is 2. The molecule has 0 bridgehead atoms. The van der Waals surface area contributed by atoms with Gasteiger partial charge >= 0.3 is 0 Å². The van der Waals surface area contributed by atoms with Crippen LogP contribution in [0, 0.1) is 23.1 Å². The minimum Gasteiger partial charge on any atom is -0.353 e. The number of piperidine rings is 1. The lowest BCUT2D eigenvalue weighted by molar-refractivity contribution is -0.141. The van der Waals surface area contributed by atoms with E-state index in [1.54, 1.807) is 6.07 Å². The van der Waals surface area contributed by atoms with E-state index in [-0.39, 0.29) is 29.6 Å². The zero-order valence-corrected chi connectivity index (χ0v) is 19.2. The first-order valence-corrected chi connectivity index (χ1v) is 11.7. The lowest BCUT2D eigenvalue weighted by Crippen LogP contribution is -2.52. The molecule has 1 aliphatic heterocycles. The minimum atomic E-state index is -0.584. The summed E-state index contributed by atoms with van der Waals surface area (Å²) < 4.78 is 13.9. The second-order valence-electron chi connectivity index (χ2n) is 9.90. The Hall–Kier alpha value is -2.69. The molecule has 1 N–H and O–H groups in total. The van der Waals surface area contributed by atoms with E-state index < -0.39 is 5.41 Å². The number of nitrogens with one attached hydrogen (secondary N) is 1. The van der Waals surface area contributed by atoms with Crippen LogP contribution < -0.4 is 5.32 Å². The van der Waals surface area contributed by atoms with Crippen molar-refractivity contribution in [3.63, 3.8) is 0 Å². The molecule has 32 heavy (non-hydrogen) atoms. The number of halogens is 1. The smallest absolute Gasteiger partial charge is 0.226 e. The molecule has 2 fully saturated rings. The Balaban J connectivity index is 1.60. The van der Waals surface area contributed by atoms with Gasteiger partial charge in [-0.3, -0.25) is 9.59 Å². The van der Waals surface area contributed by atoms with Gasteiger partial charge in [-0.1, -0.05) is 43.3 Å². The summed E-state index contributed by atoms with van der Waals surface area (Å²) in [5, 5.41) is 3.13. The highest BCUT2D eigenvalue weighted by atomic mass is 19.1. The van der Waals surface area contributed by atoms with Gasteiger partial charge < -0.3 is 10.2 Å². The average molecular weight is 437 g/mol. The summed E-state index contributed by atoms with van der Waals surface area (Å²) >= 11 is 0. The van der Waals surface area contributed by atoms with Crippen LogP contribution in [0.2, 0.25) is 0 Å². The van der Waals surface area contributed by atoms with E-state index in [1.165, 1.54) is 12.1 Å². The number of likely N-dealkylation sites (tertiary alicyclic amines) is 1. The molecule has 2 atom stereocenters. The highest BCUT2D eigenvalue weighted by Gasteiger charge is 2.46. The predicted octanol–water partition coefficient (Wildman–Crippen LogP) is 4.82. The van der Waals surface area contributed by atoms with Gasteiger partial charge in [0.1, 0.15) is 5.82 Å². The SMILES string of the molecule is CC(C)NC(=O)C1(Cc2ccccc2-c2cccc(F)c2)CCN(C(=O)C2CC2C)CC1. The lowest BCUT2D eigenvalue weighted by Gasteiger charge is -2.41. The second-order valence-corrected chi connectivity index (χ2v) is 9.90. The molecule has 2 amide bonds. The van der Waals surface area contributed by atoms with Crippen molar-refractivity contribution >= 4 is 11.8 Å². The van der Waals surface area contributed by atoms with Gasteiger partial charge in [-0.25, -0.2) is 4.39 Å². The number of rotatable bonds is 6. The van der Waals surface area contributed by atoms with Crippen molar-refractivity contribution in [1.82, 2.24) is 10.2 Å². The second kappa shape index (κ2) is 9.05. The molecule has 1 saturated carbocycles. The maximum atomic E-state index is 13.9. The first-order chi connectivity index (χ1) is 15.3. The highest BCUT2D eigenvalue weighted by molar-refractivity contribution is 5.85. The molecule has 2 aromatic rings. The van der Waals surface area contributed by atoms with Crippen molar-refractivity contribution in [2.24, 2.45) is 17.3 Å². The van der Waals surface area contributed by atoms with E-state index in [4.69, 9.17) is 0 Å². The Kier molecular flexibility index (Phi) is 6.36. The Morgan fingerprint density at radius 1 is 1.12 bits per heavy atom. The summed E-state index contributed by atoms with van der Waals surface area (Å²) in [6, 6.07) is 14.6. The zero-order chi connectivity index (χ0) is 22.9. The molecule has 1 aliphatic carbocycles. The third-order valence-electron chi connectivity index (χ3n) is 7.04. The average Bonchev–Trinajstić information content (AvgIpc) is 3.50. The summed E-state index contributed by atoms with van der Waals surface area (Å²) in [6.45, 7) is 7.28. The number of benzene rings is 2. The monoisotopic (exact) mass is 436 g/mol. The highest BCUT2D eigenvalue weighted by Crippen LogP contribution is 2.42.